The minimum atomic E-state index is -0.617. The largest absolute Gasteiger partial charge is 0.490 e. The molecule has 1 aliphatic rings. The SMILES string of the molecule is CCOc1cc(/C=C2\SC(=S)NC2=O)ccc1OC(=O)c1ccco1. The monoisotopic (exact) mass is 375 g/mol. The maximum atomic E-state index is 12.0. The van der Waals surface area contributed by atoms with Crippen molar-refractivity contribution in [2.75, 3.05) is 6.61 Å². The molecule has 1 amide bonds. The maximum absolute atomic E-state index is 12.0. The Bertz CT molecular complexity index is 858. The standard InChI is InChI=1S/C17H13NO5S2/c1-2-21-13-8-10(9-14-15(19)18-17(24)25-14)5-6-11(13)23-16(20)12-4-3-7-22-12/h3-9H,2H2,1H3,(H,18,19,24)/b14-9-. The van der Waals surface area contributed by atoms with E-state index in [4.69, 9.17) is 26.1 Å². The number of rotatable bonds is 5. The van der Waals surface area contributed by atoms with Gasteiger partial charge in [-0.05, 0) is 42.8 Å². The number of carbonyl (C=O) groups excluding carboxylic acids is 2. The van der Waals surface area contributed by atoms with Crippen LogP contribution >= 0.6 is 24.0 Å². The van der Waals surface area contributed by atoms with Gasteiger partial charge in [0, 0.05) is 0 Å². The molecule has 3 rings (SSSR count). The van der Waals surface area contributed by atoms with Crippen molar-refractivity contribution in [3.8, 4) is 11.5 Å². The summed E-state index contributed by atoms with van der Waals surface area (Å²) in [6.45, 7) is 2.21. The summed E-state index contributed by atoms with van der Waals surface area (Å²) in [7, 11) is 0. The molecule has 8 heteroatoms. The Balaban J connectivity index is 1.85. The first-order valence-corrected chi connectivity index (χ1v) is 8.56. The Morgan fingerprint density at radius 3 is 2.84 bits per heavy atom. The van der Waals surface area contributed by atoms with Crippen molar-refractivity contribution < 1.29 is 23.5 Å². The number of thiocarbonyl (C=S) groups is 1. The van der Waals surface area contributed by atoms with Crippen LogP contribution in [0.2, 0.25) is 0 Å². The molecule has 2 aromatic rings. The van der Waals surface area contributed by atoms with Gasteiger partial charge in [0.1, 0.15) is 4.32 Å². The number of hydrogen-bond acceptors (Lipinski definition) is 7. The van der Waals surface area contributed by atoms with Crippen molar-refractivity contribution >= 4 is 46.3 Å². The highest BCUT2D eigenvalue weighted by atomic mass is 32.2. The topological polar surface area (TPSA) is 77.8 Å². The van der Waals surface area contributed by atoms with E-state index in [1.165, 1.54) is 24.1 Å². The van der Waals surface area contributed by atoms with Gasteiger partial charge in [0.05, 0.1) is 17.8 Å². The fourth-order valence-corrected chi connectivity index (χ4v) is 3.13. The number of ether oxygens (including phenoxy) is 2. The Labute approximate surface area is 153 Å². The number of carbonyl (C=O) groups is 2. The van der Waals surface area contributed by atoms with Crippen LogP contribution in [0.5, 0.6) is 11.5 Å². The van der Waals surface area contributed by atoms with E-state index in [2.05, 4.69) is 5.32 Å². The van der Waals surface area contributed by atoms with E-state index in [1.54, 1.807) is 30.3 Å². The molecule has 1 saturated heterocycles. The van der Waals surface area contributed by atoms with Crippen LogP contribution in [0.15, 0.2) is 45.9 Å². The third kappa shape index (κ3) is 4.09. The van der Waals surface area contributed by atoms with E-state index in [1.807, 2.05) is 6.92 Å². The summed E-state index contributed by atoms with van der Waals surface area (Å²) in [5.74, 6) is -0.0946. The average Bonchev–Trinajstić information content (AvgIpc) is 3.20. The zero-order valence-corrected chi connectivity index (χ0v) is 14.7. The number of amides is 1. The number of esters is 1. The molecule has 128 valence electrons. The number of benzene rings is 1. The fraction of sp³-hybridized carbons (Fsp3) is 0.118. The lowest BCUT2D eigenvalue weighted by atomic mass is 10.2. The van der Waals surface area contributed by atoms with Gasteiger partial charge in [-0.1, -0.05) is 30.0 Å². The predicted octanol–water partition coefficient (Wildman–Crippen LogP) is 3.39. The van der Waals surface area contributed by atoms with Crippen LogP contribution in [-0.2, 0) is 4.79 Å². The van der Waals surface area contributed by atoms with Crippen molar-refractivity contribution in [1.82, 2.24) is 5.32 Å². The lowest BCUT2D eigenvalue weighted by molar-refractivity contribution is -0.115. The third-order valence-electron chi connectivity index (χ3n) is 3.13. The van der Waals surface area contributed by atoms with Crippen LogP contribution in [0.3, 0.4) is 0 Å². The molecule has 0 atom stereocenters. The lowest BCUT2D eigenvalue weighted by Crippen LogP contribution is -2.17. The van der Waals surface area contributed by atoms with Crippen LogP contribution in [0.1, 0.15) is 23.0 Å². The van der Waals surface area contributed by atoms with Crippen molar-refractivity contribution in [1.29, 1.82) is 0 Å². The molecule has 0 bridgehead atoms. The average molecular weight is 375 g/mol. The molecule has 25 heavy (non-hydrogen) atoms. The van der Waals surface area contributed by atoms with Gasteiger partial charge < -0.3 is 19.2 Å². The molecular weight excluding hydrogens is 362 g/mol. The summed E-state index contributed by atoms with van der Waals surface area (Å²) >= 11 is 6.16. The molecule has 1 aromatic carbocycles. The van der Waals surface area contributed by atoms with Crippen LogP contribution in [-0.4, -0.2) is 22.8 Å². The Morgan fingerprint density at radius 1 is 1.36 bits per heavy atom. The number of hydrogen-bond donors (Lipinski definition) is 1. The van der Waals surface area contributed by atoms with Crippen molar-refractivity contribution in [3.63, 3.8) is 0 Å². The molecule has 1 N–H and O–H groups in total. The molecule has 2 heterocycles. The van der Waals surface area contributed by atoms with E-state index in [0.717, 1.165) is 5.56 Å². The van der Waals surface area contributed by atoms with Gasteiger partial charge in [-0.2, -0.15) is 0 Å². The van der Waals surface area contributed by atoms with Gasteiger partial charge >= 0.3 is 5.97 Å². The molecular formula is C17H13NO5S2. The van der Waals surface area contributed by atoms with E-state index in [-0.39, 0.29) is 17.4 Å². The zero-order valence-electron chi connectivity index (χ0n) is 13.1. The van der Waals surface area contributed by atoms with E-state index in [9.17, 15) is 9.59 Å². The molecule has 1 aliphatic heterocycles. The minimum absolute atomic E-state index is 0.0983. The summed E-state index contributed by atoms with van der Waals surface area (Å²) in [5, 5.41) is 2.56. The summed E-state index contributed by atoms with van der Waals surface area (Å²) < 4.78 is 16.3. The third-order valence-corrected chi connectivity index (χ3v) is 4.30. The number of thioether (sulfide) groups is 1. The highest BCUT2D eigenvalue weighted by Crippen LogP contribution is 2.32. The van der Waals surface area contributed by atoms with Crippen LogP contribution < -0.4 is 14.8 Å². The number of furan rings is 1. The fourth-order valence-electron chi connectivity index (χ4n) is 2.08. The normalized spacial score (nSPS) is 15.3. The first kappa shape index (κ1) is 17.2. The molecule has 6 nitrogen and oxygen atoms in total. The van der Waals surface area contributed by atoms with Crippen LogP contribution in [0, 0.1) is 0 Å². The molecule has 0 aliphatic carbocycles. The molecule has 0 saturated carbocycles. The Kier molecular flexibility index (Phi) is 5.20. The summed E-state index contributed by atoms with van der Waals surface area (Å²) in [6.07, 6.45) is 3.09. The van der Waals surface area contributed by atoms with Gasteiger partial charge in [0.25, 0.3) is 5.91 Å². The van der Waals surface area contributed by atoms with E-state index in [0.29, 0.717) is 21.6 Å². The highest BCUT2D eigenvalue weighted by molar-refractivity contribution is 8.26. The summed E-state index contributed by atoms with van der Waals surface area (Å²) in [5.41, 5.74) is 0.726. The zero-order chi connectivity index (χ0) is 17.8. The van der Waals surface area contributed by atoms with E-state index < -0.39 is 5.97 Å². The molecule has 1 fully saturated rings. The second-order valence-electron chi connectivity index (χ2n) is 4.86. The van der Waals surface area contributed by atoms with Crippen LogP contribution in [0.25, 0.3) is 6.08 Å². The first-order valence-electron chi connectivity index (χ1n) is 7.34. The quantitative estimate of drug-likeness (QED) is 0.371. The molecule has 0 radical (unpaired) electrons. The van der Waals surface area contributed by atoms with Crippen LogP contribution in [0.4, 0.5) is 0 Å². The Hall–Kier alpha value is -2.58. The number of nitrogens with one attached hydrogen (secondary N) is 1. The van der Waals surface area contributed by atoms with Gasteiger partial charge in [0.15, 0.2) is 11.5 Å². The van der Waals surface area contributed by atoms with Gasteiger partial charge in [-0.25, -0.2) is 4.79 Å². The predicted molar refractivity (Wildman–Crippen MR) is 97.6 cm³/mol. The smallest absolute Gasteiger partial charge is 0.379 e. The summed E-state index contributed by atoms with van der Waals surface area (Å²) in [4.78, 5) is 24.3. The van der Waals surface area contributed by atoms with Gasteiger partial charge in [-0.15, -0.1) is 0 Å². The highest BCUT2D eigenvalue weighted by Gasteiger charge is 2.22. The van der Waals surface area contributed by atoms with Gasteiger partial charge in [0.2, 0.25) is 5.76 Å². The van der Waals surface area contributed by atoms with E-state index >= 15 is 0 Å². The van der Waals surface area contributed by atoms with Crippen molar-refractivity contribution in [2.24, 2.45) is 0 Å². The molecule has 0 unspecified atom stereocenters. The molecule has 1 aromatic heterocycles. The van der Waals surface area contributed by atoms with Crippen molar-refractivity contribution in [2.45, 2.75) is 6.92 Å². The minimum Gasteiger partial charge on any atom is -0.490 e. The second-order valence-corrected chi connectivity index (χ2v) is 6.58. The Morgan fingerprint density at radius 2 is 2.20 bits per heavy atom. The van der Waals surface area contributed by atoms with Crippen molar-refractivity contribution in [3.05, 3.63) is 52.8 Å². The lowest BCUT2D eigenvalue weighted by Gasteiger charge is -2.11. The first-order chi connectivity index (χ1) is 12.1. The second kappa shape index (κ2) is 7.54. The maximum Gasteiger partial charge on any atom is 0.379 e. The summed E-state index contributed by atoms with van der Waals surface area (Å²) in [6, 6.07) is 8.13. The molecule has 0 spiro atoms. The van der Waals surface area contributed by atoms with Gasteiger partial charge in [-0.3, -0.25) is 4.79 Å².